The Balaban J connectivity index is 0.000000191. The lowest BCUT2D eigenvalue weighted by atomic mass is 9.92. The second-order valence-electron chi connectivity index (χ2n) is 5.61. The largest absolute Gasteiger partial charge is 0.361 e. The van der Waals surface area contributed by atoms with Gasteiger partial charge in [-0.3, -0.25) is 0 Å². The third kappa shape index (κ3) is 5.66. The summed E-state index contributed by atoms with van der Waals surface area (Å²) >= 11 is 0. The van der Waals surface area contributed by atoms with Crippen LogP contribution in [0.3, 0.4) is 0 Å². The average molecular weight is 266 g/mol. The van der Waals surface area contributed by atoms with E-state index in [2.05, 4.69) is 42.0 Å². The molecule has 110 valence electrons. The van der Waals surface area contributed by atoms with Crippen molar-refractivity contribution in [1.29, 1.82) is 0 Å². The van der Waals surface area contributed by atoms with E-state index >= 15 is 0 Å². The molecular weight excluding hydrogens is 236 g/mol. The van der Waals surface area contributed by atoms with E-state index in [0.29, 0.717) is 6.04 Å². The Hall–Kier alpha value is -1.00. The third-order valence-electron chi connectivity index (χ3n) is 3.83. The molecule has 0 saturated heterocycles. The molecule has 1 saturated carbocycles. The molecule has 0 spiro atoms. The highest BCUT2D eigenvalue weighted by Gasteiger charge is 2.15. The van der Waals surface area contributed by atoms with Crippen molar-refractivity contribution in [3.63, 3.8) is 0 Å². The van der Waals surface area contributed by atoms with Crippen LogP contribution < -0.4 is 11.1 Å². The van der Waals surface area contributed by atoms with Crippen LogP contribution in [0.5, 0.6) is 0 Å². The van der Waals surface area contributed by atoms with E-state index in [9.17, 15) is 0 Å². The smallest absolute Gasteiger partial charge is 0.0890 e. The predicted molar refractivity (Wildman–Crippen MR) is 82.6 cm³/mol. The van der Waals surface area contributed by atoms with Crippen LogP contribution in [0.4, 0.5) is 0 Å². The number of allylic oxidation sites excluding steroid dienone is 1. The molecule has 3 N–H and O–H groups in total. The average Bonchev–Trinajstić information content (AvgIpc) is 2.70. The lowest BCUT2D eigenvalue weighted by molar-refractivity contribution is 0.325. The van der Waals surface area contributed by atoms with E-state index in [0.717, 1.165) is 19.1 Å². The summed E-state index contributed by atoms with van der Waals surface area (Å²) in [5, 5.41) is 3.27. The standard InChI is InChI=1S/C8H14N2.C7H16N2/c1-4-5-8-6-9(2)7-10(8)3;1-9-7-4-2-6(8)3-5-7/h4,6H,1,5,7H2,2-3H3;6-7,9H,2-5,8H2,1H3. The topological polar surface area (TPSA) is 44.5 Å². The summed E-state index contributed by atoms with van der Waals surface area (Å²) in [6, 6.07) is 1.22. The molecule has 0 amide bonds. The molecule has 2 rings (SSSR count). The summed E-state index contributed by atoms with van der Waals surface area (Å²) in [5.74, 6) is 0. The van der Waals surface area contributed by atoms with E-state index in [1.165, 1.54) is 31.4 Å². The minimum absolute atomic E-state index is 0.481. The van der Waals surface area contributed by atoms with E-state index in [-0.39, 0.29) is 0 Å². The van der Waals surface area contributed by atoms with E-state index < -0.39 is 0 Å². The molecule has 1 fully saturated rings. The van der Waals surface area contributed by atoms with Crippen LogP contribution in [0, 0.1) is 0 Å². The Morgan fingerprint density at radius 3 is 2.42 bits per heavy atom. The molecule has 0 bridgehead atoms. The van der Waals surface area contributed by atoms with Crippen molar-refractivity contribution in [2.75, 3.05) is 27.8 Å². The molecular formula is C15H30N4. The summed E-state index contributed by atoms with van der Waals surface area (Å²) in [5.41, 5.74) is 7.07. The van der Waals surface area contributed by atoms with Crippen molar-refractivity contribution in [1.82, 2.24) is 15.1 Å². The van der Waals surface area contributed by atoms with Crippen molar-refractivity contribution in [2.24, 2.45) is 5.73 Å². The number of nitrogens with one attached hydrogen (secondary N) is 1. The van der Waals surface area contributed by atoms with Gasteiger partial charge in [0, 0.05) is 44.5 Å². The van der Waals surface area contributed by atoms with Crippen LogP contribution in [0.25, 0.3) is 0 Å². The molecule has 0 unspecified atom stereocenters. The highest BCUT2D eigenvalue weighted by Crippen LogP contribution is 2.16. The molecule has 1 aliphatic carbocycles. The van der Waals surface area contributed by atoms with Crippen LogP contribution in [-0.4, -0.2) is 49.7 Å². The molecule has 0 aromatic rings. The van der Waals surface area contributed by atoms with Crippen molar-refractivity contribution >= 4 is 0 Å². The van der Waals surface area contributed by atoms with Gasteiger partial charge >= 0.3 is 0 Å². The normalized spacial score (nSPS) is 26.6. The highest BCUT2D eigenvalue weighted by molar-refractivity contribution is 5.08. The van der Waals surface area contributed by atoms with Crippen LogP contribution in [-0.2, 0) is 0 Å². The molecule has 0 aromatic heterocycles. The predicted octanol–water partition coefficient (Wildman–Crippen LogP) is 1.71. The molecule has 0 radical (unpaired) electrons. The fourth-order valence-electron chi connectivity index (χ4n) is 2.58. The maximum atomic E-state index is 5.72. The summed E-state index contributed by atoms with van der Waals surface area (Å²) in [7, 11) is 6.20. The molecule has 1 aliphatic heterocycles. The maximum absolute atomic E-state index is 5.72. The van der Waals surface area contributed by atoms with Gasteiger partial charge in [0.1, 0.15) is 0 Å². The van der Waals surface area contributed by atoms with Crippen molar-refractivity contribution in [3.8, 4) is 0 Å². The van der Waals surface area contributed by atoms with Gasteiger partial charge in [-0.25, -0.2) is 0 Å². The first-order chi connectivity index (χ1) is 9.06. The summed E-state index contributed by atoms with van der Waals surface area (Å²) < 4.78 is 0. The highest BCUT2D eigenvalue weighted by atomic mass is 15.3. The Bertz CT molecular complexity index is 293. The zero-order valence-electron chi connectivity index (χ0n) is 12.7. The van der Waals surface area contributed by atoms with Crippen molar-refractivity contribution < 1.29 is 0 Å². The first-order valence-electron chi connectivity index (χ1n) is 7.22. The van der Waals surface area contributed by atoms with Gasteiger partial charge in [-0.2, -0.15) is 0 Å². The Morgan fingerprint density at radius 2 is 2.00 bits per heavy atom. The molecule has 1 heterocycles. The third-order valence-corrected chi connectivity index (χ3v) is 3.83. The first kappa shape index (κ1) is 16.1. The summed E-state index contributed by atoms with van der Waals surface area (Å²) in [4.78, 5) is 4.39. The zero-order valence-corrected chi connectivity index (χ0v) is 12.7. The summed E-state index contributed by atoms with van der Waals surface area (Å²) in [6.45, 7) is 4.70. The molecule has 19 heavy (non-hydrogen) atoms. The van der Waals surface area contributed by atoms with Crippen molar-refractivity contribution in [3.05, 3.63) is 24.6 Å². The second-order valence-corrected chi connectivity index (χ2v) is 5.61. The van der Waals surface area contributed by atoms with E-state index in [1.54, 1.807) is 0 Å². The fraction of sp³-hybridized carbons (Fsp3) is 0.733. The maximum Gasteiger partial charge on any atom is 0.0890 e. The number of hydrogen-bond donors (Lipinski definition) is 2. The van der Waals surface area contributed by atoms with Gasteiger partial charge in [-0.05, 0) is 32.7 Å². The lowest BCUT2D eigenvalue weighted by Gasteiger charge is -2.25. The van der Waals surface area contributed by atoms with Gasteiger partial charge in [0.2, 0.25) is 0 Å². The number of hydrogen-bond acceptors (Lipinski definition) is 4. The Morgan fingerprint density at radius 1 is 1.37 bits per heavy atom. The monoisotopic (exact) mass is 266 g/mol. The minimum atomic E-state index is 0.481. The minimum Gasteiger partial charge on any atom is -0.361 e. The van der Waals surface area contributed by atoms with Crippen LogP contribution in [0.15, 0.2) is 24.6 Å². The number of nitrogens with zero attached hydrogens (tertiary/aromatic N) is 2. The van der Waals surface area contributed by atoms with Gasteiger partial charge in [-0.15, -0.1) is 6.58 Å². The van der Waals surface area contributed by atoms with Crippen LogP contribution in [0.1, 0.15) is 32.1 Å². The van der Waals surface area contributed by atoms with Gasteiger partial charge in [0.05, 0.1) is 6.67 Å². The van der Waals surface area contributed by atoms with Gasteiger partial charge in [0.25, 0.3) is 0 Å². The van der Waals surface area contributed by atoms with Gasteiger partial charge in [0.15, 0.2) is 0 Å². The molecule has 2 aliphatic rings. The molecule has 4 nitrogen and oxygen atoms in total. The van der Waals surface area contributed by atoms with Gasteiger partial charge < -0.3 is 20.9 Å². The van der Waals surface area contributed by atoms with Crippen LogP contribution in [0.2, 0.25) is 0 Å². The molecule has 0 aromatic carbocycles. The Kier molecular flexibility index (Phi) is 6.95. The SMILES string of the molecule is C=CCC1=CN(C)CN1C.CNC1CCC(N)CC1. The quantitative estimate of drug-likeness (QED) is 0.764. The van der Waals surface area contributed by atoms with E-state index in [1.807, 2.05) is 13.1 Å². The lowest BCUT2D eigenvalue weighted by Crippen LogP contribution is -2.35. The molecule has 0 atom stereocenters. The van der Waals surface area contributed by atoms with Crippen molar-refractivity contribution in [2.45, 2.75) is 44.2 Å². The Labute approximate surface area is 118 Å². The number of rotatable bonds is 3. The number of nitrogens with two attached hydrogens (primary N) is 1. The van der Waals surface area contributed by atoms with E-state index in [4.69, 9.17) is 5.73 Å². The zero-order chi connectivity index (χ0) is 14.3. The van der Waals surface area contributed by atoms with Gasteiger partial charge in [-0.1, -0.05) is 6.08 Å². The van der Waals surface area contributed by atoms with Crippen LogP contribution >= 0.6 is 0 Å². The second kappa shape index (κ2) is 8.23. The molecule has 4 heteroatoms. The first-order valence-corrected chi connectivity index (χ1v) is 7.22. The fourth-order valence-corrected chi connectivity index (χ4v) is 2.58. The summed E-state index contributed by atoms with van der Waals surface area (Å²) in [6.07, 6.45) is 9.98.